The standard InChI is InChI=1S/C19H19N3O2/c1-3-21(4-2)19-7-5-6-15(13-19)12-17(14-20)16-8-10-18(11-9-16)22(23)24/h5-13H,3-4H2,1-2H3/b17-12+. The van der Waals surface area contributed by atoms with Crippen LogP contribution in [0.1, 0.15) is 25.0 Å². The molecule has 0 N–H and O–H groups in total. The molecular weight excluding hydrogens is 302 g/mol. The van der Waals surface area contributed by atoms with Gasteiger partial charge in [0, 0.05) is 30.9 Å². The first-order chi connectivity index (χ1) is 11.6. The van der Waals surface area contributed by atoms with Crippen molar-refractivity contribution in [3.63, 3.8) is 0 Å². The SMILES string of the molecule is CCN(CC)c1cccc(/C=C(\C#N)c2ccc([N+](=O)[O-])cc2)c1. The van der Waals surface area contributed by atoms with Crippen molar-refractivity contribution in [2.75, 3.05) is 18.0 Å². The lowest BCUT2D eigenvalue weighted by Crippen LogP contribution is -2.21. The monoisotopic (exact) mass is 321 g/mol. The molecule has 0 saturated carbocycles. The van der Waals surface area contributed by atoms with Crippen LogP contribution in [0.2, 0.25) is 0 Å². The highest BCUT2D eigenvalue weighted by Gasteiger charge is 2.07. The highest BCUT2D eigenvalue weighted by molar-refractivity contribution is 5.90. The summed E-state index contributed by atoms with van der Waals surface area (Å²) >= 11 is 0. The Morgan fingerprint density at radius 3 is 2.42 bits per heavy atom. The summed E-state index contributed by atoms with van der Waals surface area (Å²) in [5, 5.41) is 20.1. The molecule has 0 heterocycles. The predicted octanol–water partition coefficient (Wildman–Crippen LogP) is 4.51. The summed E-state index contributed by atoms with van der Waals surface area (Å²) in [6.45, 7) is 6.03. The number of nitriles is 1. The number of allylic oxidation sites excluding steroid dienone is 1. The van der Waals surface area contributed by atoms with Crippen LogP contribution in [0.25, 0.3) is 11.6 Å². The van der Waals surface area contributed by atoms with E-state index in [0.717, 1.165) is 24.3 Å². The fraction of sp³-hybridized carbons (Fsp3) is 0.211. The van der Waals surface area contributed by atoms with Crippen LogP contribution in [0.4, 0.5) is 11.4 Å². The second kappa shape index (κ2) is 7.93. The van der Waals surface area contributed by atoms with E-state index in [9.17, 15) is 15.4 Å². The summed E-state index contributed by atoms with van der Waals surface area (Å²) in [5.41, 5.74) is 3.18. The van der Waals surface area contributed by atoms with Crippen LogP contribution in [-0.4, -0.2) is 18.0 Å². The van der Waals surface area contributed by atoms with Gasteiger partial charge >= 0.3 is 0 Å². The Morgan fingerprint density at radius 1 is 1.21 bits per heavy atom. The molecule has 0 fully saturated rings. The summed E-state index contributed by atoms with van der Waals surface area (Å²) in [7, 11) is 0. The number of rotatable bonds is 6. The third kappa shape index (κ3) is 3.99. The molecule has 0 unspecified atom stereocenters. The minimum atomic E-state index is -0.451. The fourth-order valence-electron chi connectivity index (χ4n) is 2.51. The van der Waals surface area contributed by atoms with Gasteiger partial charge in [-0.05, 0) is 55.3 Å². The molecule has 0 saturated heterocycles. The van der Waals surface area contributed by atoms with E-state index in [2.05, 4.69) is 24.8 Å². The van der Waals surface area contributed by atoms with Gasteiger partial charge in [0.05, 0.1) is 16.6 Å². The minimum Gasteiger partial charge on any atom is -0.372 e. The smallest absolute Gasteiger partial charge is 0.269 e. The van der Waals surface area contributed by atoms with Crippen molar-refractivity contribution in [3.05, 3.63) is 69.8 Å². The first-order valence-corrected chi connectivity index (χ1v) is 7.80. The molecule has 5 nitrogen and oxygen atoms in total. The average Bonchev–Trinajstić information content (AvgIpc) is 2.61. The Morgan fingerprint density at radius 2 is 1.88 bits per heavy atom. The van der Waals surface area contributed by atoms with Crippen LogP contribution in [0.3, 0.4) is 0 Å². The molecule has 0 spiro atoms. The van der Waals surface area contributed by atoms with E-state index < -0.39 is 4.92 Å². The van der Waals surface area contributed by atoms with Crippen molar-refractivity contribution in [2.24, 2.45) is 0 Å². The lowest BCUT2D eigenvalue weighted by Gasteiger charge is -2.21. The molecule has 0 atom stereocenters. The van der Waals surface area contributed by atoms with Crippen LogP contribution in [0, 0.1) is 21.4 Å². The largest absolute Gasteiger partial charge is 0.372 e. The maximum atomic E-state index is 10.7. The Bertz CT molecular complexity index is 785. The van der Waals surface area contributed by atoms with E-state index in [1.807, 2.05) is 24.3 Å². The Hall–Kier alpha value is -3.13. The van der Waals surface area contributed by atoms with Crippen LogP contribution in [0.5, 0.6) is 0 Å². The van der Waals surface area contributed by atoms with Crippen LogP contribution < -0.4 is 4.90 Å². The first-order valence-electron chi connectivity index (χ1n) is 7.80. The lowest BCUT2D eigenvalue weighted by molar-refractivity contribution is -0.384. The van der Waals surface area contributed by atoms with Crippen molar-refractivity contribution < 1.29 is 4.92 Å². The summed E-state index contributed by atoms with van der Waals surface area (Å²) in [4.78, 5) is 12.5. The molecule has 0 aliphatic heterocycles. The van der Waals surface area contributed by atoms with Crippen molar-refractivity contribution in [1.82, 2.24) is 0 Å². The molecule has 2 aromatic carbocycles. The van der Waals surface area contributed by atoms with Crippen LogP contribution >= 0.6 is 0 Å². The second-order valence-corrected chi connectivity index (χ2v) is 5.24. The van der Waals surface area contributed by atoms with E-state index in [4.69, 9.17) is 0 Å². The van der Waals surface area contributed by atoms with Crippen molar-refractivity contribution in [2.45, 2.75) is 13.8 Å². The zero-order valence-electron chi connectivity index (χ0n) is 13.8. The van der Waals surface area contributed by atoms with Crippen molar-refractivity contribution in [3.8, 4) is 6.07 Å². The van der Waals surface area contributed by atoms with Gasteiger partial charge in [-0.15, -0.1) is 0 Å². The van der Waals surface area contributed by atoms with Gasteiger partial charge in [0.2, 0.25) is 0 Å². The van der Waals surface area contributed by atoms with E-state index >= 15 is 0 Å². The van der Waals surface area contributed by atoms with E-state index in [1.165, 1.54) is 12.1 Å². The van der Waals surface area contributed by atoms with E-state index in [-0.39, 0.29) is 5.69 Å². The zero-order valence-corrected chi connectivity index (χ0v) is 13.8. The van der Waals surface area contributed by atoms with Gasteiger partial charge in [0.25, 0.3) is 5.69 Å². The van der Waals surface area contributed by atoms with Crippen LogP contribution in [-0.2, 0) is 0 Å². The van der Waals surface area contributed by atoms with Gasteiger partial charge in [-0.25, -0.2) is 0 Å². The van der Waals surface area contributed by atoms with Crippen molar-refractivity contribution >= 4 is 23.0 Å². The molecule has 0 amide bonds. The molecule has 122 valence electrons. The Labute approximate surface area is 141 Å². The summed E-state index contributed by atoms with van der Waals surface area (Å²) < 4.78 is 0. The highest BCUT2D eigenvalue weighted by Crippen LogP contribution is 2.23. The molecule has 5 heteroatoms. The molecule has 0 bridgehead atoms. The number of hydrogen-bond acceptors (Lipinski definition) is 4. The number of benzene rings is 2. The number of nitro groups is 1. The predicted molar refractivity (Wildman–Crippen MR) is 96.6 cm³/mol. The summed E-state index contributed by atoms with van der Waals surface area (Å²) in [5.74, 6) is 0. The molecule has 2 rings (SSSR count). The third-order valence-electron chi connectivity index (χ3n) is 3.82. The summed E-state index contributed by atoms with van der Waals surface area (Å²) in [6, 6.07) is 16.2. The minimum absolute atomic E-state index is 0.0135. The summed E-state index contributed by atoms with van der Waals surface area (Å²) in [6.07, 6.45) is 1.80. The van der Waals surface area contributed by atoms with Gasteiger partial charge < -0.3 is 4.90 Å². The normalized spacial score (nSPS) is 11.0. The van der Waals surface area contributed by atoms with E-state index in [0.29, 0.717) is 11.1 Å². The Balaban J connectivity index is 2.35. The molecular formula is C19H19N3O2. The molecule has 0 radical (unpaired) electrons. The number of hydrogen-bond donors (Lipinski definition) is 0. The van der Waals surface area contributed by atoms with Crippen LogP contribution in [0.15, 0.2) is 48.5 Å². The Kier molecular flexibility index (Phi) is 5.69. The highest BCUT2D eigenvalue weighted by atomic mass is 16.6. The maximum absolute atomic E-state index is 10.7. The topological polar surface area (TPSA) is 70.2 Å². The zero-order chi connectivity index (χ0) is 17.5. The first kappa shape index (κ1) is 17.2. The fourth-order valence-corrected chi connectivity index (χ4v) is 2.51. The second-order valence-electron chi connectivity index (χ2n) is 5.24. The number of nitrogens with zero attached hydrogens (tertiary/aromatic N) is 3. The van der Waals surface area contributed by atoms with E-state index in [1.54, 1.807) is 18.2 Å². The molecule has 24 heavy (non-hydrogen) atoms. The van der Waals surface area contributed by atoms with Crippen molar-refractivity contribution in [1.29, 1.82) is 5.26 Å². The molecule has 2 aromatic rings. The number of nitro benzene ring substituents is 1. The van der Waals surface area contributed by atoms with Gasteiger partial charge in [0.15, 0.2) is 0 Å². The molecule has 0 aliphatic carbocycles. The van der Waals surface area contributed by atoms with Gasteiger partial charge in [0.1, 0.15) is 0 Å². The quantitative estimate of drug-likeness (QED) is 0.340. The average molecular weight is 321 g/mol. The maximum Gasteiger partial charge on any atom is 0.269 e. The van der Waals surface area contributed by atoms with Gasteiger partial charge in [-0.2, -0.15) is 5.26 Å². The molecule has 0 aromatic heterocycles. The van der Waals surface area contributed by atoms with Gasteiger partial charge in [-0.3, -0.25) is 10.1 Å². The third-order valence-corrected chi connectivity index (χ3v) is 3.82. The molecule has 0 aliphatic rings. The number of anilines is 1. The lowest BCUT2D eigenvalue weighted by atomic mass is 10.0. The van der Waals surface area contributed by atoms with Gasteiger partial charge in [-0.1, -0.05) is 12.1 Å². The number of non-ortho nitro benzene ring substituents is 1.